The second-order valence-corrected chi connectivity index (χ2v) is 6.30. The summed E-state index contributed by atoms with van der Waals surface area (Å²) < 4.78 is 0. The molecule has 2 atom stereocenters. The Morgan fingerprint density at radius 1 is 1.32 bits per heavy atom. The molecule has 1 heterocycles. The number of nitrogens with zero attached hydrogens (tertiary/aromatic N) is 2. The molecule has 1 saturated heterocycles. The van der Waals surface area contributed by atoms with E-state index in [0.717, 1.165) is 25.9 Å². The van der Waals surface area contributed by atoms with Crippen molar-refractivity contribution < 1.29 is 4.79 Å². The molecule has 2 unspecified atom stereocenters. The van der Waals surface area contributed by atoms with Crippen molar-refractivity contribution in [1.29, 1.82) is 0 Å². The van der Waals surface area contributed by atoms with E-state index < -0.39 is 0 Å². The lowest BCUT2D eigenvalue weighted by molar-refractivity contribution is -0.131. The highest BCUT2D eigenvalue weighted by Crippen LogP contribution is 2.19. The SMILES string of the molecule is CCCC1NC(C(C)C)C(=O)N1CCN(C)C(C)C. The predicted molar refractivity (Wildman–Crippen MR) is 79.9 cm³/mol. The van der Waals surface area contributed by atoms with Gasteiger partial charge >= 0.3 is 0 Å². The molecule has 19 heavy (non-hydrogen) atoms. The number of hydrogen-bond donors (Lipinski definition) is 1. The molecule has 1 fully saturated rings. The largest absolute Gasteiger partial charge is 0.325 e. The van der Waals surface area contributed by atoms with Crippen LogP contribution in [0.1, 0.15) is 47.5 Å². The zero-order valence-corrected chi connectivity index (χ0v) is 13.4. The number of carbonyl (C=O) groups is 1. The molecular weight excluding hydrogens is 238 g/mol. The highest BCUT2D eigenvalue weighted by molar-refractivity contribution is 5.84. The van der Waals surface area contributed by atoms with E-state index in [2.05, 4.69) is 51.9 Å². The molecule has 0 aromatic heterocycles. The summed E-state index contributed by atoms with van der Waals surface area (Å²) in [7, 11) is 2.12. The lowest BCUT2D eigenvalue weighted by atomic mass is 10.1. The van der Waals surface area contributed by atoms with Gasteiger partial charge in [-0.05, 0) is 33.2 Å². The Kier molecular flexibility index (Phi) is 6.27. The van der Waals surface area contributed by atoms with Crippen LogP contribution >= 0.6 is 0 Å². The van der Waals surface area contributed by atoms with Crippen molar-refractivity contribution in [2.45, 2.75) is 65.7 Å². The third-order valence-corrected chi connectivity index (χ3v) is 4.10. The average Bonchev–Trinajstić information content (AvgIpc) is 2.64. The molecule has 0 aromatic rings. The molecule has 0 aliphatic carbocycles. The Morgan fingerprint density at radius 2 is 1.95 bits per heavy atom. The maximum Gasteiger partial charge on any atom is 0.241 e. The quantitative estimate of drug-likeness (QED) is 0.767. The fourth-order valence-corrected chi connectivity index (χ4v) is 2.48. The van der Waals surface area contributed by atoms with Crippen molar-refractivity contribution in [3.8, 4) is 0 Å². The summed E-state index contributed by atoms with van der Waals surface area (Å²) in [5, 5.41) is 3.50. The number of amides is 1. The van der Waals surface area contributed by atoms with E-state index in [1.165, 1.54) is 0 Å². The number of nitrogens with one attached hydrogen (secondary N) is 1. The van der Waals surface area contributed by atoms with Crippen LogP contribution in [0.2, 0.25) is 0 Å². The first-order chi connectivity index (χ1) is 8.88. The highest BCUT2D eigenvalue weighted by atomic mass is 16.2. The lowest BCUT2D eigenvalue weighted by Gasteiger charge is -2.28. The Hall–Kier alpha value is -0.610. The Morgan fingerprint density at radius 3 is 2.42 bits per heavy atom. The second-order valence-electron chi connectivity index (χ2n) is 6.30. The molecule has 1 amide bonds. The predicted octanol–water partition coefficient (Wildman–Crippen LogP) is 1.91. The van der Waals surface area contributed by atoms with Crippen molar-refractivity contribution in [3.05, 3.63) is 0 Å². The van der Waals surface area contributed by atoms with Gasteiger partial charge in [-0.1, -0.05) is 27.2 Å². The third-order valence-electron chi connectivity index (χ3n) is 4.10. The highest BCUT2D eigenvalue weighted by Gasteiger charge is 2.39. The van der Waals surface area contributed by atoms with E-state index >= 15 is 0 Å². The number of hydrogen-bond acceptors (Lipinski definition) is 3. The van der Waals surface area contributed by atoms with Gasteiger partial charge in [0.15, 0.2) is 0 Å². The van der Waals surface area contributed by atoms with Gasteiger partial charge in [-0.3, -0.25) is 10.1 Å². The zero-order chi connectivity index (χ0) is 14.6. The van der Waals surface area contributed by atoms with Crippen molar-refractivity contribution in [3.63, 3.8) is 0 Å². The molecule has 0 saturated carbocycles. The van der Waals surface area contributed by atoms with Crippen molar-refractivity contribution in [2.75, 3.05) is 20.1 Å². The fraction of sp³-hybridized carbons (Fsp3) is 0.933. The Labute approximate surface area is 118 Å². The van der Waals surface area contributed by atoms with Gasteiger partial charge in [0.2, 0.25) is 5.91 Å². The standard InChI is InChI=1S/C15H31N3O/c1-7-8-13-16-14(11(2)3)15(19)18(13)10-9-17(6)12(4)5/h11-14,16H,7-10H2,1-6H3. The summed E-state index contributed by atoms with van der Waals surface area (Å²) in [5.41, 5.74) is 0. The monoisotopic (exact) mass is 269 g/mol. The molecule has 1 aliphatic rings. The molecule has 4 heteroatoms. The summed E-state index contributed by atoms with van der Waals surface area (Å²) in [6.07, 6.45) is 2.37. The maximum absolute atomic E-state index is 12.5. The average molecular weight is 269 g/mol. The van der Waals surface area contributed by atoms with E-state index in [9.17, 15) is 4.79 Å². The minimum absolute atomic E-state index is 0.000839. The molecule has 0 aromatic carbocycles. The van der Waals surface area contributed by atoms with Crippen molar-refractivity contribution in [1.82, 2.24) is 15.1 Å². The van der Waals surface area contributed by atoms with E-state index in [1.807, 2.05) is 4.90 Å². The molecule has 0 bridgehead atoms. The van der Waals surface area contributed by atoms with Gasteiger partial charge in [0.05, 0.1) is 12.2 Å². The van der Waals surface area contributed by atoms with E-state index in [-0.39, 0.29) is 18.1 Å². The van der Waals surface area contributed by atoms with Crippen LogP contribution in [0.25, 0.3) is 0 Å². The molecule has 1 rings (SSSR count). The number of carbonyl (C=O) groups excluding carboxylic acids is 1. The summed E-state index contributed by atoms with van der Waals surface area (Å²) in [6.45, 7) is 12.5. The van der Waals surface area contributed by atoms with Crippen molar-refractivity contribution >= 4 is 5.91 Å². The Balaban J connectivity index is 2.63. The summed E-state index contributed by atoms with van der Waals surface area (Å²) in [4.78, 5) is 16.8. The van der Waals surface area contributed by atoms with Crippen LogP contribution in [0.15, 0.2) is 0 Å². The van der Waals surface area contributed by atoms with E-state index in [1.54, 1.807) is 0 Å². The van der Waals surface area contributed by atoms with Gasteiger partial charge in [0.1, 0.15) is 0 Å². The minimum Gasteiger partial charge on any atom is -0.325 e. The smallest absolute Gasteiger partial charge is 0.241 e. The van der Waals surface area contributed by atoms with Gasteiger partial charge in [0, 0.05) is 19.1 Å². The summed E-state index contributed by atoms with van der Waals surface area (Å²) >= 11 is 0. The first kappa shape index (κ1) is 16.4. The van der Waals surface area contributed by atoms with Crippen LogP contribution < -0.4 is 5.32 Å². The number of likely N-dealkylation sites (N-methyl/N-ethyl adjacent to an activating group) is 1. The second kappa shape index (κ2) is 7.25. The lowest BCUT2D eigenvalue weighted by Crippen LogP contribution is -2.42. The van der Waals surface area contributed by atoms with E-state index in [4.69, 9.17) is 0 Å². The molecular formula is C15H31N3O. The van der Waals surface area contributed by atoms with Gasteiger partial charge in [0.25, 0.3) is 0 Å². The molecule has 112 valence electrons. The van der Waals surface area contributed by atoms with Crippen LogP contribution in [-0.2, 0) is 4.79 Å². The third kappa shape index (κ3) is 4.18. The topological polar surface area (TPSA) is 35.6 Å². The molecule has 4 nitrogen and oxygen atoms in total. The van der Waals surface area contributed by atoms with Gasteiger partial charge in [-0.15, -0.1) is 0 Å². The first-order valence-corrected chi connectivity index (χ1v) is 7.65. The van der Waals surface area contributed by atoms with Crippen molar-refractivity contribution in [2.24, 2.45) is 5.92 Å². The summed E-state index contributed by atoms with van der Waals surface area (Å²) in [5.74, 6) is 0.644. The molecule has 0 spiro atoms. The maximum atomic E-state index is 12.5. The van der Waals surface area contributed by atoms with Gasteiger partial charge in [-0.2, -0.15) is 0 Å². The van der Waals surface area contributed by atoms with Crippen LogP contribution in [0.3, 0.4) is 0 Å². The molecule has 0 radical (unpaired) electrons. The minimum atomic E-state index is 0.000839. The van der Waals surface area contributed by atoms with Gasteiger partial charge < -0.3 is 9.80 Å². The zero-order valence-electron chi connectivity index (χ0n) is 13.4. The number of rotatable bonds is 7. The van der Waals surface area contributed by atoms with Gasteiger partial charge in [-0.25, -0.2) is 0 Å². The molecule has 1 N–H and O–H groups in total. The van der Waals surface area contributed by atoms with Crippen LogP contribution in [-0.4, -0.2) is 54.1 Å². The van der Waals surface area contributed by atoms with E-state index in [0.29, 0.717) is 12.0 Å². The normalized spacial score (nSPS) is 24.3. The van der Waals surface area contributed by atoms with Crippen LogP contribution in [0.5, 0.6) is 0 Å². The Bertz CT molecular complexity index is 291. The summed E-state index contributed by atoms with van der Waals surface area (Å²) in [6, 6.07) is 0.525. The van der Waals surface area contributed by atoms with Crippen LogP contribution in [0.4, 0.5) is 0 Å². The van der Waals surface area contributed by atoms with Crippen LogP contribution in [0, 0.1) is 5.92 Å². The first-order valence-electron chi connectivity index (χ1n) is 7.65. The fourth-order valence-electron chi connectivity index (χ4n) is 2.48. The molecule has 1 aliphatic heterocycles.